The number of benzene rings is 2. The highest BCUT2D eigenvalue weighted by molar-refractivity contribution is 9.10. The van der Waals surface area contributed by atoms with Gasteiger partial charge in [-0.15, -0.1) is 0 Å². The molecule has 160 valence electrons. The zero-order valence-electron chi connectivity index (χ0n) is 17.6. The SMILES string of the molecule is Cc1cc(C)n(-c2ccc(CCNC(=O)C3CC(=O)N(c4ccccc4Br)C3)cc2)n1. The van der Waals surface area contributed by atoms with Crippen LogP contribution in [0.4, 0.5) is 5.69 Å². The highest BCUT2D eigenvalue weighted by Crippen LogP contribution is 2.31. The minimum atomic E-state index is -0.326. The maximum atomic E-state index is 12.6. The van der Waals surface area contributed by atoms with Crippen molar-refractivity contribution in [1.29, 1.82) is 0 Å². The lowest BCUT2D eigenvalue weighted by atomic mass is 10.1. The topological polar surface area (TPSA) is 67.2 Å². The maximum absolute atomic E-state index is 12.6. The molecule has 1 fully saturated rings. The van der Waals surface area contributed by atoms with Crippen LogP contribution in [0, 0.1) is 19.8 Å². The number of aryl methyl sites for hydroxylation is 2. The largest absolute Gasteiger partial charge is 0.355 e. The highest BCUT2D eigenvalue weighted by atomic mass is 79.9. The molecular weight excluding hydrogens is 456 g/mol. The molecule has 1 unspecified atom stereocenters. The summed E-state index contributed by atoms with van der Waals surface area (Å²) in [7, 11) is 0. The molecule has 0 aliphatic carbocycles. The molecule has 0 bridgehead atoms. The van der Waals surface area contributed by atoms with Crippen molar-refractivity contribution in [1.82, 2.24) is 15.1 Å². The Morgan fingerprint density at radius 2 is 1.90 bits per heavy atom. The number of hydrogen-bond acceptors (Lipinski definition) is 3. The van der Waals surface area contributed by atoms with Gasteiger partial charge in [-0.1, -0.05) is 24.3 Å². The molecule has 1 atom stereocenters. The molecule has 4 rings (SSSR count). The Kier molecular flexibility index (Phi) is 6.23. The maximum Gasteiger partial charge on any atom is 0.227 e. The normalized spacial score (nSPS) is 16.0. The lowest BCUT2D eigenvalue weighted by Gasteiger charge is -2.18. The molecule has 6 nitrogen and oxygen atoms in total. The van der Waals surface area contributed by atoms with Crippen LogP contribution in [0.25, 0.3) is 5.69 Å². The first-order valence-electron chi connectivity index (χ1n) is 10.4. The Hall–Kier alpha value is -2.93. The van der Waals surface area contributed by atoms with Crippen molar-refractivity contribution < 1.29 is 9.59 Å². The smallest absolute Gasteiger partial charge is 0.227 e. The minimum absolute atomic E-state index is 0.0215. The van der Waals surface area contributed by atoms with Crippen LogP contribution in [0.3, 0.4) is 0 Å². The van der Waals surface area contributed by atoms with E-state index in [9.17, 15) is 9.59 Å². The third kappa shape index (κ3) is 4.71. The number of nitrogens with zero attached hydrogens (tertiary/aromatic N) is 3. The Bertz CT molecular complexity index is 1110. The zero-order valence-corrected chi connectivity index (χ0v) is 19.2. The molecule has 0 saturated carbocycles. The van der Waals surface area contributed by atoms with E-state index in [1.165, 1.54) is 0 Å². The third-order valence-corrected chi connectivity index (χ3v) is 6.21. The van der Waals surface area contributed by atoms with Gasteiger partial charge in [-0.2, -0.15) is 5.10 Å². The number of para-hydroxylation sites is 1. The Labute approximate surface area is 190 Å². The van der Waals surface area contributed by atoms with Crippen molar-refractivity contribution in [2.75, 3.05) is 18.0 Å². The van der Waals surface area contributed by atoms with Crippen LogP contribution in [-0.2, 0) is 16.0 Å². The molecule has 1 saturated heterocycles. The summed E-state index contributed by atoms with van der Waals surface area (Å²) < 4.78 is 2.78. The molecule has 2 amide bonds. The second kappa shape index (κ2) is 9.06. The van der Waals surface area contributed by atoms with Gasteiger partial charge in [0.15, 0.2) is 0 Å². The van der Waals surface area contributed by atoms with E-state index in [1.54, 1.807) is 4.90 Å². The first kappa shape index (κ1) is 21.3. The van der Waals surface area contributed by atoms with Crippen molar-refractivity contribution in [2.24, 2.45) is 5.92 Å². The van der Waals surface area contributed by atoms with Gasteiger partial charge in [-0.05, 0) is 72.1 Å². The molecule has 1 aliphatic heterocycles. The Morgan fingerprint density at radius 3 is 2.58 bits per heavy atom. The predicted octanol–water partition coefficient (Wildman–Crippen LogP) is 3.96. The molecule has 31 heavy (non-hydrogen) atoms. The van der Waals surface area contributed by atoms with E-state index >= 15 is 0 Å². The van der Waals surface area contributed by atoms with Crippen LogP contribution in [0.5, 0.6) is 0 Å². The monoisotopic (exact) mass is 480 g/mol. The van der Waals surface area contributed by atoms with Gasteiger partial charge >= 0.3 is 0 Å². The number of amides is 2. The average molecular weight is 481 g/mol. The number of anilines is 1. The van der Waals surface area contributed by atoms with Crippen molar-refractivity contribution in [3.63, 3.8) is 0 Å². The van der Waals surface area contributed by atoms with Gasteiger partial charge in [-0.25, -0.2) is 4.68 Å². The lowest BCUT2D eigenvalue weighted by Crippen LogP contribution is -2.34. The van der Waals surface area contributed by atoms with Crippen LogP contribution in [0.15, 0.2) is 59.1 Å². The predicted molar refractivity (Wildman–Crippen MR) is 124 cm³/mol. The summed E-state index contributed by atoms with van der Waals surface area (Å²) in [5.41, 5.74) is 5.07. The number of carbonyl (C=O) groups excluding carboxylic acids is 2. The molecule has 2 aromatic carbocycles. The van der Waals surface area contributed by atoms with Gasteiger partial charge in [0.2, 0.25) is 11.8 Å². The molecule has 1 N–H and O–H groups in total. The molecular formula is C24H25BrN4O2. The minimum Gasteiger partial charge on any atom is -0.355 e. The van der Waals surface area contributed by atoms with E-state index in [0.29, 0.717) is 13.1 Å². The quantitative estimate of drug-likeness (QED) is 0.580. The van der Waals surface area contributed by atoms with E-state index in [2.05, 4.69) is 44.5 Å². The van der Waals surface area contributed by atoms with E-state index < -0.39 is 0 Å². The van der Waals surface area contributed by atoms with Crippen LogP contribution < -0.4 is 10.2 Å². The van der Waals surface area contributed by atoms with Gasteiger partial charge in [0, 0.05) is 29.7 Å². The van der Waals surface area contributed by atoms with Crippen molar-refractivity contribution >= 4 is 33.4 Å². The van der Waals surface area contributed by atoms with Crippen LogP contribution >= 0.6 is 15.9 Å². The summed E-state index contributed by atoms with van der Waals surface area (Å²) in [6.07, 6.45) is 0.974. The number of nitrogens with one attached hydrogen (secondary N) is 1. The number of halogens is 1. The van der Waals surface area contributed by atoms with Crippen molar-refractivity contribution in [2.45, 2.75) is 26.7 Å². The summed E-state index contributed by atoms with van der Waals surface area (Å²) in [6.45, 7) is 4.97. The third-order valence-electron chi connectivity index (χ3n) is 5.54. The van der Waals surface area contributed by atoms with Gasteiger partial charge < -0.3 is 10.2 Å². The summed E-state index contributed by atoms with van der Waals surface area (Å²) in [5.74, 6) is -0.415. The fraction of sp³-hybridized carbons (Fsp3) is 0.292. The van der Waals surface area contributed by atoms with Gasteiger partial charge in [0.05, 0.1) is 23.0 Å². The fourth-order valence-corrected chi connectivity index (χ4v) is 4.45. The second-order valence-electron chi connectivity index (χ2n) is 7.90. The van der Waals surface area contributed by atoms with E-state index in [-0.39, 0.29) is 24.2 Å². The fourth-order valence-electron chi connectivity index (χ4n) is 3.96. The van der Waals surface area contributed by atoms with Crippen LogP contribution in [0.2, 0.25) is 0 Å². The number of hydrogen-bond donors (Lipinski definition) is 1. The molecule has 0 radical (unpaired) electrons. The Balaban J connectivity index is 1.30. The van der Waals surface area contributed by atoms with Gasteiger partial charge in [-0.3, -0.25) is 9.59 Å². The van der Waals surface area contributed by atoms with Gasteiger partial charge in [0.1, 0.15) is 0 Å². The zero-order chi connectivity index (χ0) is 22.0. The number of carbonyl (C=O) groups is 2. The second-order valence-corrected chi connectivity index (χ2v) is 8.76. The van der Waals surface area contributed by atoms with Crippen molar-refractivity contribution in [3.05, 3.63) is 76.0 Å². The molecule has 1 aromatic heterocycles. The van der Waals surface area contributed by atoms with E-state index in [4.69, 9.17) is 0 Å². The van der Waals surface area contributed by atoms with Crippen molar-refractivity contribution in [3.8, 4) is 5.69 Å². The van der Waals surface area contributed by atoms with E-state index in [0.717, 1.165) is 39.2 Å². The molecule has 1 aliphatic rings. The Morgan fingerprint density at radius 1 is 1.16 bits per heavy atom. The van der Waals surface area contributed by atoms with E-state index in [1.807, 2.05) is 54.9 Å². The first-order valence-corrected chi connectivity index (χ1v) is 11.2. The first-order chi connectivity index (χ1) is 14.9. The molecule has 7 heteroatoms. The molecule has 0 spiro atoms. The lowest BCUT2D eigenvalue weighted by molar-refractivity contribution is -0.126. The van der Waals surface area contributed by atoms with Crippen LogP contribution in [-0.4, -0.2) is 34.7 Å². The highest BCUT2D eigenvalue weighted by Gasteiger charge is 2.35. The average Bonchev–Trinajstić information content (AvgIpc) is 3.30. The van der Waals surface area contributed by atoms with Gasteiger partial charge in [0.25, 0.3) is 0 Å². The number of aromatic nitrogens is 2. The molecule has 2 heterocycles. The summed E-state index contributed by atoms with van der Waals surface area (Å²) >= 11 is 3.48. The summed E-state index contributed by atoms with van der Waals surface area (Å²) in [6, 6.07) is 17.8. The molecule has 3 aromatic rings. The summed E-state index contributed by atoms with van der Waals surface area (Å²) in [4.78, 5) is 26.7. The van der Waals surface area contributed by atoms with Crippen LogP contribution in [0.1, 0.15) is 23.4 Å². The number of rotatable bonds is 6. The summed E-state index contributed by atoms with van der Waals surface area (Å²) in [5, 5.41) is 7.50. The standard InChI is InChI=1S/C24H25BrN4O2/c1-16-13-17(2)29(27-16)20-9-7-18(8-10-20)11-12-26-24(31)19-14-23(30)28(15-19)22-6-4-3-5-21(22)25/h3-10,13,19H,11-12,14-15H2,1-2H3,(H,26,31).